The van der Waals surface area contributed by atoms with Crippen molar-refractivity contribution in [1.29, 1.82) is 0 Å². The molecular weight excluding hydrogens is 426 g/mol. The van der Waals surface area contributed by atoms with Gasteiger partial charge in [0.2, 0.25) is 11.9 Å². The highest BCUT2D eigenvalue weighted by Crippen LogP contribution is 2.31. The second-order valence-electron chi connectivity index (χ2n) is 9.88. The molecule has 1 aliphatic carbocycles. The summed E-state index contributed by atoms with van der Waals surface area (Å²) >= 11 is 0. The van der Waals surface area contributed by atoms with Crippen LogP contribution in [0.4, 0.5) is 11.8 Å². The number of carbonyl (C=O) groups excluding carboxylic acids is 1. The standard InChI is InChI=1S/C26H35N7O/c1-16-9-10-19(25(34)28-20-7-5-4-6-8-20)15-33(16)24-14-22(29-26(27-3)30-24)18-11-12-21-17(2)31-32-23(21)13-18/h11-14,16,19-20H,4-10,15H2,1-3H3,(H,28,34)(H,31,32)(H,27,29,30)/t16-,19+/m1/s1. The SMILES string of the molecule is CNc1nc(-c2ccc3c(C)[nH]nc3c2)cc(N2C[C@@H](C(=O)NC3CCCCC3)CC[C@H]2C)n1. The summed E-state index contributed by atoms with van der Waals surface area (Å²) in [4.78, 5) is 24.9. The number of aryl methyl sites for hydroxylation is 1. The van der Waals surface area contributed by atoms with E-state index in [-0.39, 0.29) is 11.8 Å². The van der Waals surface area contributed by atoms with E-state index in [0.29, 0.717) is 24.6 Å². The van der Waals surface area contributed by atoms with Crippen LogP contribution >= 0.6 is 0 Å². The zero-order valence-corrected chi connectivity index (χ0v) is 20.4. The molecule has 1 saturated heterocycles. The number of nitrogens with zero attached hydrogens (tertiary/aromatic N) is 4. The van der Waals surface area contributed by atoms with E-state index in [9.17, 15) is 4.79 Å². The van der Waals surface area contributed by atoms with Crippen LogP contribution in [-0.4, -0.2) is 51.7 Å². The van der Waals surface area contributed by atoms with Gasteiger partial charge in [-0.2, -0.15) is 10.1 Å². The second kappa shape index (κ2) is 9.60. The maximum absolute atomic E-state index is 13.1. The molecule has 0 radical (unpaired) electrons. The van der Waals surface area contributed by atoms with Crippen LogP contribution in [0.15, 0.2) is 24.3 Å². The van der Waals surface area contributed by atoms with E-state index >= 15 is 0 Å². The summed E-state index contributed by atoms with van der Waals surface area (Å²) in [6, 6.07) is 8.92. The molecule has 8 nitrogen and oxygen atoms in total. The third-order valence-electron chi connectivity index (χ3n) is 7.48. The lowest BCUT2D eigenvalue weighted by Crippen LogP contribution is -2.49. The summed E-state index contributed by atoms with van der Waals surface area (Å²) in [7, 11) is 1.84. The van der Waals surface area contributed by atoms with Crippen LogP contribution < -0.4 is 15.5 Å². The topological polar surface area (TPSA) is 98.8 Å². The molecule has 1 aliphatic heterocycles. The first-order valence-electron chi connectivity index (χ1n) is 12.6. The summed E-state index contributed by atoms with van der Waals surface area (Å²) in [6.07, 6.45) is 7.84. The Morgan fingerprint density at radius 1 is 1.09 bits per heavy atom. The smallest absolute Gasteiger partial charge is 0.225 e. The normalized spacial score (nSPS) is 21.6. The fraction of sp³-hybridized carbons (Fsp3) is 0.538. The van der Waals surface area contributed by atoms with Crippen LogP contribution in [0.25, 0.3) is 22.2 Å². The van der Waals surface area contributed by atoms with E-state index in [2.05, 4.69) is 50.9 Å². The van der Waals surface area contributed by atoms with Gasteiger partial charge in [-0.3, -0.25) is 9.89 Å². The van der Waals surface area contributed by atoms with Gasteiger partial charge in [-0.25, -0.2) is 4.98 Å². The zero-order chi connectivity index (χ0) is 23.7. The number of benzene rings is 1. The van der Waals surface area contributed by atoms with Gasteiger partial charge in [0.1, 0.15) is 5.82 Å². The van der Waals surface area contributed by atoms with Crippen LogP contribution in [-0.2, 0) is 4.79 Å². The van der Waals surface area contributed by atoms with E-state index in [1.54, 1.807) is 0 Å². The third kappa shape index (κ3) is 4.58. The number of aromatic nitrogens is 4. The first kappa shape index (κ1) is 22.6. The Morgan fingerprint density at radius 3 is 2.71 bits per heavy atom. The molecule has 1 aromatic carbocycles. The number of nitrogens with one attached hydrogen (secondary N) is 3. The van der Waals surface area contributed by atoms with Crippen molar-refractivity contribution in [2.45, 2.75) is 70.9 Å². The zero-order valence-electron chi connectivity index (χ0n) is 20.4. The van der Waals surface area contributed by atoms with Crippen molar-refractivity contribution in [2.75, 3.05) is 23.8 Å². The number of fused-ring (bicyclic) bond motifs is 1. The molecule has 2 aromatic heterocycles. The summed E-state index contributed by atoms with van der Waals surface area (Å²) in [5.74, 6) is 1.62. The molecule has 0 bridgehead atoms. The predicted octanol–water partition coefficient (Wildman–Crippen LogP) is 4.42. The van der Waals surface area contributed by atoms with Crippen molar-refractivity contribution in [3.8, 4) is 11.3 Å². The molecule has 180 valence electrons. The number of hydrogen-bond donors (Lipinski definition) is 3. The first-order valence-corrected chi connectivity index (χ1v) is 12.6. The third-order valence-corrected chi connectivity index (χ3v) is 7.48. The van der Waals surface area contributed by atoms with E-state index in [1.165, 1.54) is 19.3 Å². The molecule has 1 amide bonds. The molecule has 2 aliphatic rings. The lowest BCUT2D eigenvalue weighted by Gasteiger charge is -2.39. The molecule has 2 atom stereocenters. The average molecular weight is 462 g/mol. The molecule has 3 heterocycles. The van der Waals surface area contributed by atoms with Gasteiger partial charge in [0, 0.05) is 48.4 Å². The Labute approximate surface area is 200 Å². The number of amides is 1. The highest BCUT2D eigenvalue weighted by molar-refractivity contribution is 5.86. The Balaban J connectivity index is 1.40. The van der Waals surface area contributed by atoms with Crippen LogP contribution in [0.5, 0.6) is 0 Å². The van der Waals surface area contributed by atoms with Crippen molar-refractivity contribution < 1.29 is 4.79 Å². The minimum atomic E-state index is -0.0158. The van der Waals surface area contributed by atoms with Gasteiger partial charge in [-0.1, -0.05) is 31.4 Å². The number of rotatable bonds is 5. The number of H-pyrrole nitrogens is 1. The molecule has 3 N–H and O–H groups in total. The summed E-state index contributed by atoms with van der Waals surface area (Å²) in [5, 5.41) is 15.0. The number of carbonyl (C=O) groups is 1. The molecular formula is C26H35N7O. The number of hydrogen-bond acceptors (Lipinski definition) is 6. The summed E-state index contributed by atoms with van der Waals surface area (Å²) < 4.78 is 0. The minimum Gasteiger partial charge on any atom is -0.357 e. The minimum absolute atomic E-state index is 0.0158. The number of piperidine rings is 1. The van der Waals surface area contributed by atoms with Gasteiger partial charge in [0.25, 0.3) is 0 Å². The van der Waals surface area contributed by atoms with Crippen molar-refractivity contribution in [1.82, 2.24) is 25.5 Å². The molecule has 2 fully saturated rings. The Kier molecular flexibility index (Phi) is 6.39. The Hall–Kier alpha value is -3.16. The second-order valence-corrected chi connectivity index (χ2v) is 9.88. The van der Waals surface area contributed by atoms with Crippen molar-refractivity contribution in [3.63, 3.8) is 0 Å². The number of anilines is 2. The molecule has 5 rings (SSSR count). The fourth-order valence-electron chi connectivity index (χ4n) is 5.35. The van der Waals surface area contributed by atoms with E-state index in [4.69, 9.17) is 9.97 Å². The van der Waals surface area contributed by atoms with Crippen molar-refractivity contribution in [2.24, 2.45) is 5.92 Å². The monoisotopic (exact) mass is 461 g/mol. The summed E-state index contributed by atoms with van der Waals surface area (Å²) in [5.41, 5.74) is 3.82. The maximum Gasteiger partial charge on any atom is 0.225 e. The molecule has 0 spiro atoms. The average Bonchev–Trinajstić information content (AvgIpc) is 3.24. The maximum atomic E-state index is 13.1. The summed E-state index contributed by atoms with van der Waals surface area (Å²) in [6.45, 7) is 4.92. The lowest BCUT2D eigenvalue weighted by molar-refractivity contribution is -0.126. The van der Waals surface area contributed by atoms with Gasteiger partial charge in [-0.15, -0.1) is 0 Å². The van der Waals surface area contributed by atoms with Gasteiger partial charge >= 0.3 is 0 Å². The number of aromatic amines is 1. The fourth-order valence-corrected chi connectivity index (χ4v) is 5.35. The van der Waals surface area contributed by atoms with Gasteiger partial charge < -0.3 is 15.5 Å². The Bertz CT molecular complexity index is 1170. The first-order chi connectivity index (χ1) is 16.5. The van der Waals surface area contributed by atoms with Gasteiger partial charge in [-0.05, 0) is 45.6 Å². The van der Waals surface area contributed by atoms with Gasteiger partial charge in [0.15, 0.2) is 0 Å². The quantitative estimate of drug-likeness (QED) is 0.520. The lowest BCUT2D eigenvalue weighted by atomic mass is 9.90. The predicted molar refractivity (Wildman–Crippen MR) is 136 cm³/mol. The Morgan fingerprint density at radius 2 is 1.91 bits per heavy atom. The van der Waals surface area contributed by atoms with Crippen molar-refractivity contribution >= 4 is 28.6 Å². The van der Waals surface area contributed by atoms with E-state index < -0.39 is 0 Å². The molecule has 8 heteroatoms. The highest BCUT2D eigenvalue weighted by Gasteiger charge is 2.32. The molecule has 3 aromatic rings. The van der Waals surface area contributed by atoms with E-state index in [0.717, 1.165) is 59.4 Å². The highest BCUT2D eigenvalue weighted by atomic mass is 16.2. The molecule has 1 saturated carbocycles. The van der Waals surface area contributed by atoms with Crippen LogP contribution in [0.2, 0.25) is 0 Å². The largest absolute Gasteiger partial charge is 0.357 e. The van der Waals surface area contributed by atoms with Crippen molar-refractivity contribution in [3.05, 3.63) is 30.0 Å². The van der Waals surface area contributed by atoms with Crippen LogP contribution in [0.3, 0.4) is 0 Å². The van der Waals surface area contributed by atoms with Gasteiger partial charge in [0.05, 0.1) is 17.1 Å². The molecule has 34 heavy (non-hydrogen) atoms. The molecule has 0 unspecified atom stereocenters. The van der Waals surface area contributed by atoms with Crippen LogP contribution in [0, 0.1) is 12.8 Å². The van der Waals surface area contributed by atoms with Crippen LogP contribution in [0.1, 0.15) is 57.6 Å². The van der Waals surface area contributed by atoms with E-state index in [1.807, 2.05) is 20.0 Å².